The Balaban J connectivity index is 2.54. The molecule has 0 aliphatic carbocycles. The number of amides is 1. The third-order valence-electron chi connectivity index (χ3n) is 2.09. The number of nitro groups is 1. The van der Waals surface area contributed by atoms with E-state index in [0.29, 0.717) is 12.1 Å². The maximum atomic E-state index is 10.9. The van der Waals surface area contributed by atoms with Crippen molar-refractivity contribution < 1.29 is 14.5 Å². The number of nitrogens with zero attached hydrogens (tertiary/aromatic N) is 2. The number of primary amides is 1. The second-order valence-electron chi connectivity index (χ2n) is 3.53. The predicted octanol–water partition coefficient (Wildman–Crippen LogP) is 0.212. The Labute approximate surface area is 103 Å². The van der Waals surface area contributed by atoms with Crippen LogP contribution in [0, 0.1) is 17.0 Å². The molecule has 0 saturated carbocycles. The van der Waals surface area contributed by atoms with Gasteiger partial charge in [0.25, 0.3) is 0 Å². The number of anilines is 1. The van der Waals surface area contributed by atoms with E-state index in [9.17, 15) is 14.9 Å². The summed E-state index contributed by atoms with van der Waals surface area (Å²) in [4.78, 5) is 24.7. The molecular weight excluding hydrogens is 240 g/mol. The molecule has 3 N–H and O–H groups in total. The number of carbonyl (C=O) groups is 1. The molecule has 1 rings (SSSR count). The van der Waals surface area contributed by atoms with Crippen LogP contribution in [-0.4, -0.2) is 35.6 Å². The molecule has 0 bridgehead atoms. The van der Waals surface area contributed by atoms with Crippen LogP contribution in [0.2, 0.25) is 0 Å². The smallest absolute Gasteiger partial charge is 0.314 e. The zero-order valence-electron chi connectivity index (χ0n) is 9.88. The first kappa shape index (κ1) is 13.8. The zero-order chi connectivity index (χ0) is 13.5. The summed E-state index contributed by atoms with van der Waals surface area (Å²) >= 11 is 0. The lowest BCUT2D eigenvalue weighted by Crippen LogP contribution is -2.21. The van der Waals surface area contributed by atoms with Gasteiger partial charge in [0, 0.05) is 18.3 Å². The number of aryl methyl sites for hydroxylation is 1. The lowest BCUT2D eigenvalue weighted by atomic mass is 10.2. The molecule has 98 valence electrons. The van der Waals surface area contributed by atoms with Crippen molar-refractivity contribution in [2.45, 2.75) is 6.92 Å². The summed E-state index contributed by atoms with van der Waals surface area (Å²) in [5.74, 6) is -0.377. The van der Waals surface area contributed by atoms with E-state index in [1.54, 1.807) is 13.0 Å². The van der Waals surface area contributed by atoms with Crippen LogP contribution in [0.15, 0.2) is 12.3 Å². The first-order chi connectivity index (χ1) is 8.52. The number of nitrogens with one attached hydrogen (secondary N) is 1. The standard InChI is InChI=1S/C10H14N4O4/c1-7-2-3-12-10(9(7)14(16)17)13-4-5-18-6-8(11)15/h2-3H,4-6H2,1H3,(H2,11,15)(H,12,13). The fourth-order valence-corrected chi connectivity index (χ4v) is 1.32. The number of hydrogen-bond acceptors (Lipinski definition) is 6. The normalized spacial score (nSPS) is 10.1. The second-order valence-corrected chi connectivity index (χ2v) is 3.53. The summed E-state index contributed by atoms with van der Waals surface area (Å²) in [6.45, 7) is 1.96. The predicted molar refractivity (Wildman–Crippen MR) is 64.1 cm³/mol. The third-order valence-corrected chi connectivity index (χ3v) is 2.09. The van der Waals surface area contributed by atoms with Crippen LogP contribution in [0.3, 0.4) is 0 Å². The van der Waals surface area contributed by atoms with E-state index in [-0.39, 0.29) is 24.7 Å². The molecule has 1 heterocycles. The molecule has 0 aliphatic rings. The van der Waals surface area contributed by atoms with Crippen molar-refractivity contribution in [3.8, 4) is 0 Å². The number of pyridine rings is 1. The van der Waals surface area contributed by atoms with Crippen molar-refractivity contribution >= 4 is 17.4 Å². The molecule has 0 saturated heterocycles. The van der Waals surface area contributed by atoms with Gasteiger partial charge in [-0.2, -0.15) is 0 Å². The highest BCUT2D eigenvalue weighted by molar-refractivity contribution is 5.74. The zero-order valence-corrected chi connectivity index (χ0v) is 9.88. The minimum atomic E-state index is -0.560. The second kappa shape index (κ2) is 6.50. The first-order valence-corrected chi connectivity index (χ1v) is 5.22. The monoisotopic (exact) mass is 254 g/mol. The highest BCUT2D eigenvalue weighted by Gasteiger charge is 2.17. The van der Waals surface area contributed by atoms with E-state index in [4.69, 9.17) is 10.5 Å². The minimum absolute atomic E-state index is 0.0626. The highest BCUT2D eigenvalue weighted by atomic mass is 16.6. The van der Waals surface area contributed by atoms with Crippen molar-refractivity contribution in [3.05, 3.63) is 27.9 Å². The Kier molecular flexibility index (Phi) is 5.00. The van der Waals surface area contributed by atoms with Crippen LogP contribution in [-0.2, 0) is 9.53 Å². The van der Waals surface area contributed by atoms with E-state index in [0.717, 1.165) is 0 Å². The fourth-order valence-electron chi connectivity index (χ4n) is 1.32. The topological polar surface area (TPSA) is 120 Å². The Morgan fingerprint density at radius 1 is 1.67 bits per heavy atom. The van der Waals surface area contributed by atoms with Gasteiger partial charge in [0.2, 0.25) is 11.7 Å². The van der Waals surface area contributed by atoms with Gasteiger partial charge < -0.3 is 15.8 Å². The average molecular weight is 254 g/mol. The molecule has 1 aromatic rings. The van der Waals surface area contributed by atoms with Gasteiger partial charge >= 0.3 is 5.69 Å². The Hall–Kier alpha value is -2.22. The van der Waals surface area contributed by atoms with Gasteiger partial charge in [-0.25, -0.2) is 4.98 Å². The number of rotatable bonds is 7. The van der Waals surface area contributed by atoms with Gasteiger partial charge in [0.15, 0.2) is 0 Å². The van der Waals surface area contributed by atoms with Crippen LogP contribution < -0.4 is 11.1 Å². The van der Waals surface area contributed by atoms with E-state index in [1.165, 1.54) is 6.20 Å². The van der Waals surface area contributed by atoms with Crippen LogP contribution in [0.1, 0.15) is 5.56 Å². The van der Waals surface area contributed by atoms with Crippen molar-refractivity contribution in [2.75, 3.05) is 25.1 Å². The van der Waals surface area contributed by atoms with E-state index in [1.807, 2.05) is 0 Å². The van der Waals surface area contributed by atoms with Crippen molar-refractivity contribution in [1.82, 2.24) is 4.98 Å². The van der Waals surface area contributed by atoms with Crippen LogP contribution in [0.5, 0.6) is 0 Å². The maximum Gasteiger partial charge on any atom is 0.314 e. The van der Waals surface area contributed by atoms with Gasteiger partial charge in [-0.05, 0) is 13.0 Å². The van der Waals surface area contributed by atoms with Crippen LogP contribution >= 0.6 is 0 Å². The number of carbonyl (C=O) groups excluding carboxylic acids is 1. The lowest BCUT2D eigenvalue weighted by molar-refractivity contribution is -0.384. The van der Waals surface area contributed by atoms with Gasteiger partial charge in [-0.15, -0.1) is 0 Å². The number of nitrogens with two attached hydrogens (primary N) is 1. The van der Waals surface area contributed by atoms with E-state index < -0.39 is 10.8 Å². The molecule has 0 unspecified atom stereocenters. The molecule has 0 aliphatic heterocycles. The molecule has 0 aromatic carbocycles. The largest absolute Gasteiger partial charge is 0.370 e. The van der Waals surface area contributed by atoms with Gasteiger partial charge in [0.05, 0.1) is 11.5 Å². The molecule has 8 nitrogen and oxygen atoms in total. The summed E-state index contributed by atoms with van der Waals surface area (Å²) in [6, 6.07) is 1.56. The van der Waals surface area contributed by atoms with Crippen LogP contribution in [0.25, 0.3) is 0 Å². The molecule has 0 fully saturated rings. The number of hydrogen-bond donors (Lipinski definition) is 2. The Bertz CT molecular complexity index is 450. The molecule has 8 heteroatoms. The molecular formula is C10H14N4O4. The van der Waals surface area contributed by atoms with E-state index in [2.05, 4.69) is 10.3 Å². The summed E-state index contributed by atoms with van der Waals surface area (Å²) in [7, 11) is 0. The van der Waals surface area contributed by atoms with Gasteiger partial charge in [-0.3, -0.25) is 14.9 Å². The quantitative estimate of drug-likeness (QED) is 0.407. The summed E-state index contributed by atoms with van der Waals surface area (Å²) < 4.78 is 4.91. The minimum Gasteiger partial charge on any atom is -0.370 e. The van der Waals surface area contributed by atoms with Crippen molar-refractivity contribution in [3.63, 3.8) is 0 Å². The average Bonchev–Trinajstić information content (AvgIpc) is 2.27. The molecule has 0 spiro atoms. The van der Waals surface area contributed by atoms with Crippen molar-refractivity contribution in [2.24, 2.45) is 5.73 Å². The Morgan fingerprint density at radius 3 is 3.00 bits per heavy atom. The summed E-state index contributed by atoms with van der Waals surface area (Å²) in [5.41, 5.74) is 5.34. The molecule has 0 atom stereocenters. The lowest BCUT2D eigenvalue weighted by Gasteiger charge is -2.07. The summed E-state index contributed by atoms with van der Waals surface area (Å²) in [5, 5.41) is 13.6. The van der Waals surface area contributed by atoms with Gasteiger partial charge in [-0.1, -0.05) is 0 Å². The molecule has 1 aromatic heterocycles. The fraction of sp³-hybridized carbons (Fsp3) is 0.400. The highest BCUT2D eigenvalue weighted by Crippen LogP contribution is 2.24. The molecule has 1 amide bonds. The number of aromatic nitrogens is 1. The third kappa shape index (κ3) is 3.98. The number of ether oxygens (including phenoxy) is 1. The van der Waals surface area contributed by atoms with Crippen molar-refractivity contribution in [1.29, 1.82) is 0 Å². The summed E-state index contributed by atoms with van der Waals surface area (Å²) in [6.07, 6.45) is 1.48. The van der Waals surface area contributed by atoms with Gasteiger partial charge in [0.1, 0.15) is 6.61 Å². The van der Waals surface area contributed by atoms with Crippen LogP contribution in [0.4, 0.5) is 11.5 Å². The maximum absolute atomic E-state index is 10.9. The Morgan fingerprint density at radius 2 is 2.39 bits per heavy atom. The first-order valence-electron chi connectivity index (χ1n) is 5.22. The SMILES string of the molecule is Cc1ccnc(NCCOCC(N)=O)c1[N+](=O)[O-]. The van der Waals surface area contributed by atoms with E-state index >= 15 is 0 Å². The molecule has 0 radical (unpaired) electrons. The molecule has 18 heavy (non-hydrogen) atoms.